The molecule has 3 heteroatoms. The van der Waals surface area contributed by atoms with Gasteiger partial charge in [-0.3, -0.25) is 0 Å². The summed E-state index contributed by atoms with van der Waals surface area (Å²) in [7, 11) is 1.65. The second kappa shape index (κ2) is 5.55. The largest absolute Gasteiger partial charge is 0.497 e. The average molecular weight is 270 g/mol. The molecule has 2 unspecified atom stereocenters. The van der Waals surface area contributed by atoms with E-state index in [1.165, 1.54) is 5.56 Å². The van der Waals surface area contributed by atoms with Gasteiger partial charge in [-0.1, -0.05) is 30.3 Å². The summed E-state index contributed by atoms with van der Waals surface area (Å²) in [6, 6.07) is 15.7. The molecule has 1 heterocycles. The third kappa shape index (κ3) is 2.63. The van der Waals surface area contributed by atoms with Crippen molar-refractivity contribution in [2.24, 2.45) is 0 Å². The number of hydrogen-bond acceptors (Lipinski definition) is 3. The van der Waals surface area contributed by atoms with Gasteiger partial charge in [0.2, 0.25) is 0 Å². The lowest BCUT2D eigenvalue weighted by Gasteiger charge is -2.18. The number of aliphatic hydroxyl groups is 1. The van der Waals surface area contributed by atoms with Crippen molar-refractivity contribution in [2.45, 2.75) is 25.0 Å². The molecule has 1 aliphatic rings. The molecule has 0 spiro atoms. The first-order valence-electron chi connectivity index (χ1n) is 6.82. The van der Waals surface area contributed by atoms with Crippen LogP contribution in [0.3, 0.4) is 0 Å². The third-order valence-corrected chi connectivity index (χ3v) is 3.68. The number of hydrogen-bond donors (Lipinski definition) is 1. The monoisotopic (exact) mass is 270 g/mol. The van der Waals surface area contributed by atoms with Gasteiger partial charge in [-0.15, -0.1) is 0 Å². The predicted molar refractivity (Wildman–Crippen MR) is 77.3 cm³/mol. The van der Waals surface area contributed by atoms with E-state index in [0.717, 1.165) is 23.5 Å². The molecule has 0 aliphatic carbocycles. The standard InChI is InChI=1S/C17H18O3/c1-19-14-7-4-5-12(9-14)10-15(18)17-11-13-6-2-3-8-16(13)20-17/h2-9,15,17-18H,10-11H2,1H3. The molecule has 1 N–H and O–H groups in total. The zero-order chi connectivity index (χ0) is 13.9. The van der Waals surface area contributed by atoms with Crippen LogP contribution in [-0.2, 0) is 12.8 Å². The molecule has 0 aromatic heterocycles. The Labute approximate surface area is 118 Å². The first-order valence-corrected chi connectivity index (χ1v) is 6.82. The number of methoxy groups -OCH3 is 1. The number of ether oxygens (including phenoxy) is 2. The Hall–Kier alpha value is -2.00. The van der Waals surface area contributed by atoms with Crippen LogP contribution in [0.4, 0.5) is 0 Å². The van der Waals surface area contributed by atoms with Crippen molar-refractivity contribution in [3.05, 3.63) is 59.7 Å². The van der Waals surface area contributed by atoms with Gasteiger partial charge in [0, 0.05) is 12.8 Å². The minimum Gasteiger partial charge on any atom is -0.497 e. The Kier molecular flexibility index (Phi) is 3.61. The molecular weight excluding hydrogens is 252 g/mol. The fraction of sp³-hybridized carbons (Fsp3) is 0.294. The van der Waals surface area contributed by atoms with Crippen molar-refractivity contribution in [2.75, 3.05) is 7.11 Å². The zero-order valence-electron chi connectivity index (χ0n) is 11.5. The molecule has 0 amide bonds. The van der Waals surface area contributed by atoms with Crippen molar-refractivity contribution in [1.82, 2.24) is 0 Å². The highest BCUT2D eigenvalue weighted by molar-refractivity contribution is 5.38. The summed E-state index contributed by atoms with van der Waals surface area (Å²) < 4.78 is 11.0. The van der Waals surface area contributed by atoms with Crippen molar-refractivity contribution in [1.29, 1.82) is 0 Å². The Morgan fingerprint density at radius 1 is 1.25 bits per heavy atom. The minimum atomic E-state index is -0.519. The van der Waals surface area contributed by atoms with Gasteiger partial charge in [0.05, 0.1) is 13.2 Å². The molecule has 0 saturated heterocycles. The van der Waals surface area contributed by atoms with Gasteiger partial charge in [0.15, 0.2) is 0 Å². The van der Waals surface area contributed by atoms with E-state index in [2.05, 4.69) is 0 Å². The zero-order valence-corrected chi connectivity index (χ0v) is 11.5. The summed E-state index contributed by atoms with van der Waals surface area (Å²) >= 11 is 0. The van der Waals surface area contributed by atoms with Gasteiger partial charge >= 0.3 is 0 Å². The van der Waals surface area contributed by atoms with Crippen LogP contribution in [0.15, 0.2) is 48.5 Å². The SMILES string of the molecule is COc1cccc(CC(O)C2Cc3ccccc3O2)c1. The number of fused-ring (bicyclic) bond motifs is 1. The van der Waals surface area contributed by atoms with Crippen molar-refractivity contribution in [3.8, 4) is 11.5 Å². The van der Waals surface area contributed by atoms with Gasteiger partial charge in [0.25, 0.3) is 0 Å². The van der Waals surface area contributed by atoms with Crippen LogP contribution in [-0.4, -0.2) is 24.4 Å². The van der Waals surface area contributed by atoms with Gasteiger partial charge < -0.3 is 14.6 Å². The van der Waals surface area contributed by atoms with E-state index >= 15 is 0 Å². The van der Waals surface area contributed by atoms with E-state index in [4.69, 9.17) is 9.47 Å². The molecule has 2 aromatic carbocycles. The van der Waals surface area contributed by atoms with Crippen LogP contribution >= 0.6 is 0 Å². The van der Waals surface area contributed by atoms with Crippen LogP contribution in [0.25, 0.3) is 0 Å². The molecule has 3 nitrogen and oxygen atoms in total. The maximum Gasteiger partial charge on any atom is 0.129 e. The number of rotatable bonds is 4. The van der Waals surface area contributed by atoms with E-state index in [-0.39, 0.29) is 6.10 Å². The maximum atomic E-state index is 10.4. The second-order valence-corrected chi connectivity index (χ2v) is 5.09. The molecule has 1 aliphatic heterocycles. The molecule has 2 aromatic rings. The topological polar surface area (TPSA) is 38.7 Å². The maximum absolute atomic E-state index is 10.4. The molecule has 0 bridgehead atoms. The molecule has 2 atom stereocenters. The summed E-state index contributed by atoms with van der Waals surface area (Å²) in [5.74, 6) is 1.70. The lowest BCUT2D eigenvalue weighted by molar-refractivity contribution is 0.0502. The van der Waals surface area contributed by atoms with E-state index in [1.807, 2.05) is 48.5 Å². The van der Waals surface area contributed by atoms with E-state index in [0.29, 0.717) is 6.42 Å². The lowest BCUT2D eigenvalue weighted by atomic mass is 10.0. The summed E-state index contributed by atoms with van der Waals surface area (Å²) in [5, 5.41) is 10.4. The average Bonchev–Trinajstić information content (AvgIpc) is 2.91. The number of benzene rings is 2. The highest BCUT2D eigenvalue weighted by Gasteiger charge is 2.28. The Bertz CT molecular complexity index is 569. The van der Waals surface area contributed by atoms with E-state index in [9.17, 15) is 5.11 Å². The third-order valence-electron chi connectivity index (χ3n) is 3.68. The summed E-state index contributed by atoms with van der Waals surface area (Å²) in [4.78, 5) is 0. The fourth-order valence-electron chi connectivity index (χ4n) is 2.60. The second-order valence-electron chi connectivity index (χ2n) is 5.09. The van der Waals surface area contributed by atoms with Crippen LogP contribution in [0, 0.1) is 0 Å². The molecule has 3 rings (SSSR count). The Balaban J connectivity index is 1.67. The van der Waals surface area contributed by atoms with E-state index < -0.39 is 6.10 Å². The van der Waals surface area contributed by atoms with Crippen molar-refractivity contribution in [3.63, 3.8) is 0 Å². The van der Waals surface area contributed by atoms with Gasteiger partial charge in [-0.2, -0.15) is 0 Å². The summed E-state index contributed by atoms with van der Waals surface area (Å²) in [5.41, 5.74) is 2.22. The van der Waals surface area contributed by atoms with Crippen LogP contribution < -0.4 is 9.47 Å². The quantitative estimate of drug-likeness (QED) is 0.928. The molecule has 104 valence electrons. The summed E-state index contributed by atoms with van der Waals surface area (Å²) in [6.07, 6.45) is 0.644. The highest BCUT2D eigenvalue weighted by atomic mass is 16.5. The molecular formula is C17H18O3. The van der Waals surface area contributed by atoms with Crippen molar-refractivity contribution >= 4 is 0 Å². The van der Waals surface area contributed by atoms with Gasteiger partial charge in [0.1, 0.15) is 17.6 Å². The minimum absolute atomic E-state index is 0.168. The molecule has 0 radical (unpaired) electrons. The Morgan fingerprint density at radius 2 is 2.10 bits per heavy atom. The van der Waals surface area contributed by atoms with Gasteiger partial charge in [-0.05, 0) is 29.3 Å². The van der Waals surface area contributed by atoms with Crippen LogP contribution in [0.2, 0.25) is 0 Å². The molecule has 20 heavy (non-hydrogen) atoms. The molecule has 0 fully saturated rings. The lowest BCUT2D eigenvalue weighted by Crippen LogP contribution is -2.31. The molecule has 0 saturated carbocycles. The Morgan fingerprint density at radius 3 is 2.90 bits per heavy atom. The van der Waals surface area contributed by atoms with E-state index in [1.54, 1.807) is 7.11 Å². The number of para-hydroxylation sites is 1. The number of aliphatic hydroxyl groups excluding tert-OH is 1. The van der Waals surface area contributed by atoms with Crippen LogP contribution in [0.5, 0.6) is 11.5 Å². The highest BCUT2D eigenvalue weighted by Crippen LogP contribution is 2.30. The summed E-state index contributed by atoms with van der Waals surface area (Å²) in [6.45, 7) is 0. The van der Waals surface area contributed by atoms with Crippen LogP contribution in [0.1, 0.15) is 11.1 Å². The smallest absolute Gasteiger partial charge is 0.129 e. The normalized spacial score (nSPS) is 18.2. The van der Waals surface area contributed by atoms with Crippen molar-refractivity contribution < 1.29 is 14.6 Å². The first-order chi connectivity index (χ1) is 9.76. The predicted octanol–water partition coefficient (Wildman–Crippen LogP) is 2.60. The fourth-order valence-corrected chi connectivity index (χ4v) is 2.60. The first kappa shape index (κ1) is 13.0. The van der Waals surface area contributed by atoms with Gasteiger partial charge in [-0.25, -0.2) is 0 Å².